The van der Waals surface area contributed by atoms with E-state index in [4.69, 9.17) is 4.74 Å². The summed E-state index contributed by atoms with van der Waals surface area (Å²) in [7, 11) is -3.65. The number of piperazine rings is 1. The molecule has 2 unspecified atom stereocenters. The van der Waals surface area contributed by atoms with Gasteiger partial charge in [0.2, 0.25) is 10.0 Å². The van der Waals surface area contributed by atoms with Crippen LogP contribution < -0.4 is 4.90 Å². The van der Waals surface area contributed by atoms with E-state index in [1.54, 1.807) is 35.4 Å². The summed E-state index contributed by atoms with van der Waals surface area (Å²) in [4.78, 5) is 21.2. The molecule has 2 aliphatic rings. The van der Waals surface area contributed by atoms with Crippen LogP contribution in [-0.4, -0.2) is 80.0 Å². The van der Waals surface area contributed by atoms with Gasteiger partial charge in [-0.3, -0.25) is 4.79 Å². The van der Waals surface area contributed by atoms with E-state index in [9.17, 15) is 18.5 Å². The molecule has 0 N–H and O–H groups in total. The minimum Gasteiger partial charge on any atom is -0.373 e. The number of hydrogen-bond acceptors (Lipinski definition) is 7. The quantitative estimate of drug-likeness (QED) is 0.671. The van der Waals surface area contributed by atoms with E-state index in [1.807, 2.05) is 18.7 Å². The highest BCUT2D eigenvalue weighted by atomic mass is 32.2. The Labute approximate surface area is 194 Å². The fourth-order valence-corrected chi connectivity index (χ4v) is 5.88. The SMILES string of the molecule is CC1CN(S(=O)(=O)c2ccc(C(=O)N3CCN(c4ncccc4C#N)CC3)cc2)CC(C)O1. The molecule has 9 nitrogen and oxygen atoms in total. The molecule has 2 aliphatic heterocycles. The van der Waals surface area contributed by atoms with Crippen LogP contribution in [0.15, 0.2) is 47.5 Å². The monoisotopic (exact) mass is 469 g/mol. The van der Waals surface area contributed by atoms with Crippen LogP contribution >= 0.6 is 0 Å². The summed E-state index contributed by atoms with van der Waals surface area (Å²) >= 11 is 0. The summed E-state index contributed by atoms with van der Waals surface area (Å²) in [5.41, 5.74) is 0.958. The van der Waals surface area contributed by atoms with Gasteiger partial charge in [0.1, 0.15) is 11.9 Å². The Hall–Kier alpha value is -3.00. The molecule has 2 aromatic rings. The minimum absolute atomic E-state index is 0.145. The first-order valence-electron chi connectivity index (χ1n) is 10.9. The van der Waals surface area contributed by atoms with Crippen LogP contribution in [0, 0.1) is 11.3 Å². The van der Waals surface area contributed by atoms with Crippen LogP contribution in [0.1, 0.15) is 29.8 Å². The first-order valence-corrected chi connectivity index (χ1v) is 12.4. The van der Waals surface area contributed by atoms with E-state index in [0.29, 0.717) is 56.2 Å². The number of morpholine rings is 1. The van der Waals surface area contributed by atoms with Gasteiger partial charge >= 0.3 is 0 Å². The zero-order chi connectivity index (χ0) is 23.6. The lowest BCUT2D eigenvalue weighted by molar-refractivity contribution is -0.0440. The summed E-state index contributed by atoms with van der Waals surface area (Å²) in [6, 6.07) is 11.7. The second-order valence-electron chi connectivity index (χ2n) is 8.37. The first-order chi connectivity index (χ1) is 15.8. The second-order valence-corrected chi connectivity index (χ2v) is 10.3. The highest BCUT2D eigenvalue weighted by Gasteiger charge is 2.32. The lowest BCUT2D eigenvalue weighted by Crippen LogP contribution is -2.49. The Kier molecular flexibility index (Phi) is 6.65. The van der Waals surface area contributed by atoms with E-state index in [2.05, 4.69) is 11.1 Å². The van der Waals surface area contributed by atoms with Gasteiger partial charge < -0.3 is 14.5 Å². The van der Waals surface area contributed by atoms with Gasteiger partial charge in [0.05, 0.1) is 22.7 Å². The smallest absolute Gasteiger partial charge is 0.253 e. The van der Waals surface area contributed by atoms with Crippen LogP contribution in [0.25, 0.3) is 0 Å². The van der Waals surface area contributed by atoms with Gasteiger partial charge in [0, 0.05) is 51.0 Å². The Balaban J connectivity index is 1.41. The summed E-state index contributed by atoms with van der Waals surface area (Å²) in [6.45, 7) is 6.44. The number of nitrogens with zero attached hydrogens (tertiary/aromatic N) is 5. The molecule has 0 radical (unpaired) electrons. The number of aromatic nitrogens is 1. The van der Waals surface area contributed by atoms with Crippen LogP contribution in [0.4, 0.5) is 5.82 Å². The van der Waals surface area contributed by atoms with Crippen molar-refractivity contribution in [2.24, 2.45) is 0 Å². The third kappa shape index (κ3) is 4.85. The molecule has 0 aliphatic carbocycles. The van der Waals surface area contributed by atoms with E-state index in [1.165, 1.54) is 16.4 Å². The molecule has 174 valence electrons. The molecular weight excluding hydrogens is 442 g/mol. The Morgan fingerprint density at radius 2 is 1.70 bits per heavy atom. The van der Waals surface area contributed by atoms with Crippen molar-refractivity contribution >= 4 is 21.7 Å². The predicted octanol–water partition coefficient (Wildman–Crippen LogP) is 1.71. The number of carbonyl (C=O) groups is 1. The van der Waals surface area contributed by atoms with Crippen molar-refractivity contribution in [3.05, 3.63) is 53.7 Å². The van der Waals surface area contributed by atoms with E-state index in [-0.39, 0.29) is 23.0 Å². The molecule has 33 heavy (non-hydrogen) atoms. The van der Waals surface area contributed by atoms with Gasteiger partial charge in [0.15, 0.2) is 0 Å². The number of amides is 1. The number of anilines is 1. The molecule has 0 saturated carbocycles. The van der Waals surface area contributed by atoms with Crippen LogP contribution in [0.5, 0.6) is 0 Å². The van der Waals surface area contributed by atoms with Gasteiger partial charge in [-0.25, -0.2) is 13.4 Å². The van der Waals surface area contributed by atoms with Crippen molar-refractivity contribution in [2.75, 3.05) is 44.2 Å². The van der Waals surface area contributed by atoms with Crippen molar-refractivity contribution in [2.45, 2.75) is 31.0 Å². The predicted molar refractivity (Wildman–Crippen MR) is 122 cm³/mol. The van der Waals surface area contributed by atoms with Crippen molar-refractivity contribution in [3.63, 3.8) is 0 Å². The van der Waals surface area contributed by atoms with Gasteiger partial charge in [-0.15, -0.1) is 0 Å². The number of pyridine rings is 1. The number of sulfonamides is 1. The molecule has 2 saturated heterocycles. The molecule has 3 heterocycles. The number of ether oxygens (including phenoxy) is 1. The van der Waals surface area contributed by atoms with Crippen LogP contribution in [0.2, 0.25) is 0 Å². The maximum atomic E-state index is 13.0. The number of hydrogen-bond donors (Lipinski definition) is 0. The third-order valence-electron chi connectivity index (χ3n) is 5.90. The summed E-state index contributed by atoms with van der Waals surface area (Å²) < 4.78 is 33.1. The molecule has 1 aromatic heterocycles. The standard InChI is InChI=1S/C23H27N5O4S/c1-17-15-28(16-18(2)32-17)33(30,31)21-7-5-19(6-8-21)23(29)27-12-10-26(11-13-27)22-20(14-24)4-3-9-25-22/h3-9,17-18H,10-13,15-16H2,1-2H3. The summed E-state index contributed by atoms with van der Waals surface area (Å²) in [5.74, 6) is 0.488. The lowest BCUT2D eigenvalue weighted by atomic mass is 10.1. The van der Waals surface area contributed by atoms with E-state index < -0.39 is 10.0 Å². The van der Waals surface area contributed by atoms with Gasteiger partial charge in [-0.2, -0.15) is 9.57 Å². The molecule has 0 spiro atoms. The summed E-state index contributed by atoms with van der Waals surface area (Å²) in [5, 5.41) is 9.29. The lowest BCUT2D eigenvalue weighted by Gasteiger charge is -2.35. The van der Waals surface area contributed by atoms with Crippen LogP contribution in [0.3, 0.4) is 0 Å². The fourth-order valence-electron chi connectivity index (χ4n) is 4.29. The fraction of sp³-hybridized carbons (Fsp3) is 0.435. The first kappa shape index (κ1) is 23.2. The highest BCUT2D eigenvalue weighted by molar-refractivity contribution is 7.89. The maximum absolute atomic E-state index is 13.0. The van der Waals surface area contributed by atoms with Crippen LogP contribution in [-0.2, 0) is 14.8 Å². The minimum atomic E-state index is -3.65. The van der Waals surface area contributed by atoms with E-state index >= 15 is 0 Å². The molecule has 2 fully saturated rings. The molecule has 1 aromatic carbocycles. The van der Waals surface area contributed by atoms with E-state index in [0.717, 1.165) is 0 Å². The highest BCUT2D eigenvalue weighted by Crippen LogP contribution is 2.23. The molecule has 0 bridgehead atoms. The third-order valence-corrected chi connectivity index (χ3v) is 7.74. The number of nitriles is 1. The topological polar surface area (TPSA) is 107 Å². The van der Waals surface area contributed by atoms with Gasteiger partial charge in [-0.1, -0.05) is 0 Å². The van der Waals surface area contributed by atoms with Crippen molar-refractivity contribution in [1.29, 1.82) is 5.26 Å². The zero-order valence-corrected chi connectivity index (χ0v) is 19.5. The van der Waals surface area contributed by atoms with Crippen molar-refractivity contribution in [3.8, 4) is 6.07 Å². The number of rotatable bonds is 4. The Morgan fingerprint density at radius 3 is 2.30 bits per heavy atom. The maximum Gasteiger partial charge on any atom is 0.253 e. The number of benzene rings is 1. The Morgan fingerprint density at radius 1 is 1.06 bits per heavy atom. The molecule has 10 heteroatoms. The normalized spacial score (nSPS) is 22.1. The average Bonchev–Trinajstić information content (AvgIpc) is 2.83. The molecule has 1 amide bonds. The molecular formula is C23H27N5O4S. The van der Waals surface area contributed by atoms with Gasteiger partial charge in [0.25, 0.3) is 5.91 Å². The number of carbonyl (C=O) groups excluding carboxylic acids is 1. The average molecular weight is 470 g/mol. The van der Waals surface area contributed by atoms with Crippen molar-refractivity contribution < 1.29 is 17.9 Å². The zero-order valence-electron chi connectivity index (χ0n) is 18.7. The largest absolute Gasteiger partial charge is 0.373 e. The van der Waals surface area contributed by atoms with Crippen molar-refractivity contribution in [1.82, 2.24) is 14.2 Å². The summed E-state index contributed by atoms with van der Waals surface area (Å²) in [6.07, 6.45) is 1.32. The molecule has 4 rings (SSSR count). The molecule has 2 atom stereocenters. The second kappa shape index (κ2) is 9.47. The van der Waals surface area contributed by atoms with Gasteiger partial charge in [-0.05, 0) is 50.2 Å². The Bertz CT molecular complexity index is 1140.